The van der Waals surface area contributed by atoms with Gasteiger partial charge >= 0.3 is 5.97 Å². The van der Waals surface area contributed by atoms with Gasteiger partial charge in [0.1, 0.15) is 0 Å². The van der Waals surface area contributed by atoms with Gasteiger partial charge in [0, 0.05) is 5.92 Å². The molecule has 0 aromatic heterocycles. The second kappa shape index (κ2) is 2.87. The van der Waals surface area contributed by atoms with E-state index in [0.29, 0.717) is 0 Å². The number of aliphatic carboxylic acids is 1. The summed E-state index contributed by atoms with van der Waals surface area (Å²) >= 11 is 3.74. The van der Waals surface area contributed by atoms with Crippen molar-refractivity contribution in [2.24, 2.45) is 23.7 Å². The zero-order chi connectivity index (χ0) is 9.59. The summed E-state index contributed by atoms with van der Waals surface area (Å²) in [5.41, 5.74) is 0. The molecule has 1 N–H and O–H groups in total. The van der Waals surface area contributed by atoms with E-state index in [0.717, 1.165) is 6.42 Å². The molecule has 2 aliphatic rings. The van der Waals surface area contributed by atoms with Gasteiger partial charge in [-0.2, -0.15) is 0 Å². The highest BCUT2D eigenvalue weighted by atomic mass is 32.1. The molecule has 0 radical (unpaired) electrons. The molecule has 0 unspecified atom stereocenters. The number of carboxylic acid groups (broad SMARTS) is 1. The maximum Gasteiger partial charge on any atom is 0.307 e. The van der Waals surface area contributed by atoms with E-state index in [4.69, 9.17) is 5.11 Å². The molecule has 0 saturated heterocycles. The van der Waals surface area contributed by atoms with Gasteiger partial charge in [0.2, 0.25) is 0 Å². The number of hydrogen-bond donors (Lipinski definition) is 2. The predicted octanol–water partition coefficient (Wildman–Crippen LogP) is 0.966. The van der Waals surface area contributed by atoms with Crippen LogP contribution in [0.1, 0.15) is 6.42 Å². The maximum absolute atomic E-state index is 11.1. The summed E-state index contributed by atoms with van der Waals surface area (Å²) in [6.07, 6.45) is 4.66. The highest BCUT2D eigenvalue weighted by Gasteiger charge is 2.50. The summed E-state index contributed by atoms with van der Waals surface area (Å²) in [6.45, 7) is 0. The van der Waals surface area contributed by atoms with Crippen molar-refractivity contribution in [1.82, 2.24) is 0 Å². The molecule has 0 aliphatic heterocycles. The van der Waals surface area contributed by atoms with Crippen molar-refractivity contribution in [3.8, 4) is 0 Å². The molecule has 0 aromatic rings. The standard InChI is InChI=1S/C9H10O3S/c10-8(11)6-4-1-2-5(3-4)7(6)9(12)13/h1-2,4-7H,3H2,(H,10,11)(H,12,13)/t4-,5-,6+,7+/m0/s1. The molecule has 13 heavy (non-hydrogen) atoms. The molecular weight excluding hydrogens is 188 g/mol. The van der Waals surface area contributed by atoms with Crippen LogP contribution in [-0.4, -0.2) is 16.2 Å². The number of rotatable bonds is 2. The average Bonchev–Trinajstić information content (AvgIpc) is 2.60. The number of allylic oxidation sites excluding steroid dienone is 2. The van der Waals surface area contributed by atoms with Gasteiger partial charge in [-0.3, -0.25) is 9.59 Å². The summed E-state index contributed by atoms with van der Waals surface area (Å²) in [7, 11) is 0. The Hall–Kier alpha value is -0.770. The van der Waals surface area contributed by atoms with Crippen molar-refractivity contribution in [3.05, 3.63) is 12.2 Å². The normalized spacial score (nSPS) is 41.0. The molecule has 1 saturated carbocycles. The van der Waals surface area contributed by atoms with E-state index in [1.54, 1.807) is 0 Å². The van der Waals surface area contributed by atoms with Crippen LogP contribution in [0.15, 0.2) is 12.2 Å². The molecule has 1 fully saturated rings. The van der Waals surface area contributed by atoms with Crippen molar-refractivity contribution < 1.29 is 14.7 Å². The van der Waals surface area contributed by atoms with Crippen LogP contribution in [0.3, 0.4) is 0 Å². The fourth-order valence-corrected chi connectivity index (χ4v) is 2.85. The minimum atomic E-state index is -0.871. The summed E-state index contributed by atoms with van der Waals surface area (Å²) in [6, 6.07) is 0. The lowest BCUT2D eigenvalue weighted by Crippen LogP contribution is -2.30. The summed E-state index contributed by atoms with van der Waals surface area (Å²) in [5.74, 6) is -1.67. The third-order valence-corrected chi connectivity index (χ3v) is 3.33. The molecule has 2 rings (SSSR count). The van der Waals surface area contributed by atoms with E-state index in [1.807, 2.05) is 12.2 Å². The van der Waals surface area contributed by atoms with Gasteiger partial charge in [-0.1, -0.05) is 12.2 Å². The van der Waals surface area contributed by atoms with Crippen molar-refractivity contribution in [2.45, 2.75) is 6.42 Å². The third kappa shape index (κ3) is 1.20. The molecule has 0 aromatic carbocycles. The Morgan fingerprint density at radius 1 is 1.23 bits per heavy atom. The van der Waals surface area contributed by atoms with Gasteiger partial charge in [0.05, 0.1) is 5.92 Å². The lowest BCUT2D eigenvalue weighted by Gasteiger charge is -2.21. The first-order valence-electron chi connectivity index (χ1n) is 4.25. The number of carbonyl (C=O) groups is 2. The first-order chi connectivity index (χ1) is 6.11. The number of carboxylic acids is 1. The second-order valence-corrected chi connectivity index (χ2v) is 4.12. The smallest absolute Gasteiger partial charge is 0.307 e. The monoisotopic (exact) mass is 198 g/mol. The highest BCUT2D eigenvalue weighted by Crippen LogP contribution is 2.48. The zero-order valence-corrected chi connectivity index (χ0v) is 7.78. The molecule has 4 atom stereocenters. The first kappa shape index (κ1) is 8.81. The third-order valence-electron chi connectivity index (χ3n) is 3.03. The molecule has 4 heteroatoms. The molecule has 2 aliphatic carbocycles. The molecule has 70 valence electrons. The zero-order valence-electron chi connectivity index (χ0n) is 6.88. The van der Waals surface area contributed by atoms with Crippen LogP contribution in [0.2, 0.25) is 0 Å². The summed E-state index contributed by atoms with van der Waals surface area (Å²) < 4.78 is 0. The Bertz CT molecular complexity index is 269. The molecule has 0 heterocycles. The fourth-order valence-electron chi connectivity index (χ4n) is 2.50. The lowest BCUT2D eigenvalue weighted by molar-refractivity contribution is -0.146. The minimum absolute atomic E-state index is 0.0450. The summed E-state index contributed by atoms with van der Waals surface area (Å²) in [4.78, 5) is 22.0. The molecule has 3 nitrogen and oxygen atoms in total. The van der Waals surface area contributed by atoms with Crippen LogP contribution in [0, 0.1) is 23.7 Å². The van der Waals surface area contributed by atoms with E-state index >= 15 is 0 Å². The van der Waals surface area contributed by atoms with E-state index in [2.05, 4.69) is 12.6 Å². The van der Waals surface area contributed by atoms with Crippen LogP contribution >= 0.6 is 12.6 Å². The van der Waals surface area contributed by atoms with Gasteiger partial charge in [-0.05, 0) is 18.3 Å². The minimum Gasteiger partial charge on any atom is -0.481 e. The maximum atomic E-state index is 11.1. The Balaban J connectivity index is 2.30. The van der Waals surface area contributed by atoms with Gasteiger partial charge in [-0.25, -0.2) is 0 Å². The fraction of sp³-hybridized carbons (Fsp3) is 0.556. The van der Waals surface area contributed by atoms with E-state index in [-0.39, 0.29) is 17.0 Å². The number of hydrogen-bond acceptors (Lipinski definition) is 2. The predicted molar refractivity (Wildman–Crippen MR) is 49.3 cm³/mol. The molecule has 0 amide bonds. The average molecular weight is 198 g/mol. The van der Waals surface area contributed by atoms with Crippen LogP contribution < -0.4 is 0 Å². The van der Waals surface area contributed by atoms with E-state index in [1.165, 1.54) is 0 Å². The topological polar surface area (TPSA) is 54.4 Å². The first-order valence-corrected chi connectivity index (χ1v) is 4.70. The number of fused-ring (bicyclic) bond motifs is 2. The Labute approximate surface area is 81.2 Å². The molecule has 0 spiro atoms. The SMILES string of the molecule is O=C(O)[C@H]1[C@H](C(=O)S)[C@H]2C=C[C@H]1C2. The molecular formula is C9H10O3S. The molecule has 2 bridgehead atoms. The highest BCUT2D eigenvalue weighted by molar-refractivity contribution is 7.96. The Morgan fingerprint density at radius 2 is 1.77 bits per heavy atom. The van der Waals surface area contributed by atoms with E-state index in [9.17, 15) is 9.59 Å². The van der Waals surface area contributed by atoms with Crippen molar-refractivity contribution >= 4 is 23.7 Å². The lowest BCUT2D eigenvalue weighted by atomic mass is 9.84. The van der Waals surface area contributed by atoms with Crippen LogP contribution in [-0.2, 0) is 9.59 Å². The van der Waals surface area contributed by atoms with Crippen LogP contribution in [0.4, 0.5) is 0 Å². The van der Waals surface area contributed by atoms with Crippen molar-refractivity contribution in [2.75, 3.05) is 0 Å². The van der Waals surface area contributed by atoms with Gasteiger partial charge in [-0.15, -0.1) is 12.6 Å². The van der Waals surface area contributed by atoms with Crippen LogP contribution in [0.5, 0.6) is 0 Å². The van der Waals surface area contributed by atoms with Crippen molar-refractivity contribution in [3.63, 3.8) is 0 Å². The van der Waals surface area contributed by atoms with Gasteiger partial charge < -0.3 is 5.11 Å². The summed E-state index contributed by atoms with van der Waals surface area (Å²) in [5, 5.41) is 8.65. The van der Waals surface area contributed by atoms with Crippen LogP contribution in [0.25, 0.3) is 0 Å². The second-order valence-electron chi connectivity index (χ2n) is 3.68. The van der Waals surface area contributed by atoms with E-state index < -0.39 is 17.8 Å². The largest absolute Gasteiger partial charge is 0.481 e. The van der Waals surface area contributed by atoms with Crippen molar-refractivity contribution in [1.29, 1.82) is 0 Å². The Kier molecular flexibility index (Phi) is 1.95. The number of thiol groups is 1. The number of carbonyl (C=O) groups excluding carboxylic acids is 1. The van der Waals surface area contributed by atoms with Gasteiger partial charge in [0.15, 0.2) is 5.12 Å². The van der Waals surface area contributed by atoms with Gasteiger partial charge in [0.25, 0.3) is 0 Å². The Morgan fingerprint density at radius 3 is 2.15 bits per heavy atom. The quantitative estimate of drug-likeness (QED) is 0.513.